The van der Waals surface area contributed by atoms with E-state index in [1.54, 1.807) is 0 Å². The Morgan fingerprint density at radius 3 is 2.87 bits per heavy atom. The van der Waals surface area contributed by atoms with Crippen LogP contribution in [-0.2, 0) is 6.54 Å². The second-order valence-electron chi connectivity index (χ2n) is 5.31. The van der Waals surface area contributed by atoms with Crippen molar-refractivity contribution < 1.29 is 0 Å². The molecule has 0 saturated carbocycles. The van der Waals surface area contributed by atoms with Crippen molar-refractivity contribution in [2.24, 2.45) is 4.99 Å². The van der Waals surface area contributed by atoms with Gasteiger partial charge in [0, 0.05) is 24.7 Å². The highest BCUT2D eigenvalue weighted by molar-refractivity contribution is 7.98. The van der Waals surface area contributed by atoms with E-state index in [0.29, 0.717) is 6.54 Å². The first-order valence-electron chi connectivity index (χ1n) is 8.19. The molecule has 0 saturated heterocycles. The van der Waals surface area contributed by atoms with E-state index in [2.05, 4.69) is 34.9 Å². The van der Waals surface area contributed by atoms with Crippen LogP contribution in [0, 0.1) is 0 Å². The van der Waals surface area contributed by atoms with Crippen molar-refractivity contribution in [1.29, 1.82) is 0 Å². The van der Waals surface area contributed by atoms with Crippen LogP contribution in [0.5, 0.6) is 0 Å². The van der Waals surface area contributed by atoms with Gasteiger partial charge >= 0.3 is 0 Å². The zero-order valence-corrected chi connectivity index (χ0v) is 14.8. The number of nitrogens with one attached hydrogen (secondary N) is 2. The third-order valence-electron chi connectivity index (χ3n) is 3.56. The molecule has 0 amide bonds. The molecule has 0 unspecified atom stereocenters. The lowest BCUT2D eigenvalue weighted by atomic mass is 10.1. The Labute approximate surface area is 143 Å². The SMILES string of the molecule is CCNC(=NCc1ccnc2ccccc12)NCCCCSC. The largest absolute Gasteiger partial charge is 0.357 e. The van der Waals surface area contributed by atoms with E-state index >= 15 is 0 Å². The zero-order valence-electron chi connectivity index (χ0n) is 14.0. The van der Waals surface area contributed by atoms with Gasteiger partial charge < -0.3 is 10.6 Å². The number of nitrogens with zero attached hydrogens (tertiary/aromatic N) is 2. The van der Waals surface area contributed by atoms with Crippen molar-refractivity contribution in [1.82, 2.24) is 15.6 Å². The van der Waals surface area contributed by atoms with Crippen molar-refractivity contribution in [2.45, 2.75) is 26.3 Å². The summed E-state index contributed by atoms with van der Waals surface area (Å²) in [5, 5.41) is 7.90. The fraction of sp³-hybridized carbons (Fsp3) is 0.444. The second kappa shape index (κ2) is 10.1. The summed E-state index contributed by atoms with van der Waals surface area (Å²) >= 11 is 1.90. The van der Waals surface area contributed by atoms with Gasteiger partial charge in [0.1, 0.15) is 0 Å². The summed E-state index contributed by atoms with van der Waals surface area (Å²) in [6, 6.07) is 10.3. The van der Waals surface area contributed by atoms with Crippen LogP contribution in [0.1, 0.15) is 25.3 Å². The summed E-state index contributed by atoms with van der Waals surface area (Å²) in [7, 11) is 0. The van der Waals surface area contributed by atoms with Crippen molar-refractivity contribution in [3.8, 4) is 0 Å². The summed E-state index contributed by atoms with van der Waals surface area (Å²) in [6.45, 7) is 4.58. The number of unbranched alkanes of at least 4 members (excludes halogenated alkanes) is 1. The van der Waals surface area contributed by atoms with E-state index in [0.717, 1.165) is 24.6 Å². The first kappa shape index (κ1) is 17.6. The molecule has 124 valence electrons. The molecule has 0 aliphatic carbocycles. The van der Waals surface area contributed by atoms with Crippen LogP contribution >= 0.6 is 11.8 Å². The Morgan fingerprint density at radius 2 is 2.04 bits per heavy atom. The first-order valence-corrected chi connectivity index (χ1v) is 9.58. The van der Waals surface area contributed by atoms with Crippen LogP contribution in [0.4, 0.5) is 0 Å². The van der Waals surface area contributed by atoms with Crippen molar-refractivity contribution in [3.63, 3.8) is 0 Å². The average molecular weight is 331 g/mol. The summed E-state index contributed by atoms with van der Waals surface area (Å²) in [6.07, 6.45) is 6.42. The maximum Gasteiger partial charge on any atom is 0.191 e. The van der Waals surface area contributed by atoms with E-state index in [9.17, 15) is 0 Å². The molecule has 0 aliphatic rings. The number of aromatic nitrogens is 1. The molecule has 2 rings (SSSR count). The molecule has 0 fully saturated rings. The van der Waals surface area contributed by atoms with E-state index in [4.69, 9.17) is 4.99 Å². The average Bonchev–Trinajstić information content (AvgIpc) is 2.59. The Balaban J connectivity index is 1.98. The second-order valence-corrected chi connectivity index (χ2v) is 6.29. The van der Waals surface area contributed by atoms with Crippen molar-refractivity contribution in [2.75, 3.05) is 25.1 Å². The number of rotatable bonds is 8. The van der Waals surface area contributed by atoms with Crippen LogP contribution in [0.25, 0.3) is 10.9 Å². The zero-order chi connectivity index (χ0) is 16.3. The molecule has 4 nitrogen and oxygen atoms in total. The summed E-state index contributed by atoms with van der Waals surface area (Å²) in [5.41, 5.74) is 2.23. The Morgan fingerprint density at radius 1 is 1.17 bits per heavy atom. The third-order valence-corrected chi connectivity index (χ3v) is 4.26. The summed E-state index contributed by atoms with van der Waals surface area (Å²) in [4.78, 5) is 9.11. The lowest BCUT2D eigenvalue weighted by molar-refractivity contribution is 0.734. The van der Waals surface area contributed by atoms with Crippen LogP contribution in [0.3, 0.4) is 0 Å². The molecule has 2 N–H and O–H groups in total. The molecule has 1 aromatic heterocycles. The standard InChI is InChI=1S/C18H26N4S/c1-3-19-18(21-11-6-7-13-23-2)22-14-15-10-12-20-17-9-5-4-8-16(15)17/h4-5,8-10,12H,3,6-7,11,13-14H2,1-2H3,(H2,19,21,22). The van der Waals surface area contributed by atoms with Gasteiger partial charge in [0.15, 0.2) is 5.96 Å². The fourth-order valence-electron chi connectivity index (χ4n) is 2.38. The normalized spacial score (nSPS) is 11.7. The molecule has 0 atom stereocenters. The number of pyridine rings is 1. The molecule has 0 radical (unpaired) electrons. The minimum atomic E-state index is 0.656. The van der Waals surface area contributed by atoms with E-state index in [1.807, 2.05) is 42.2 Å². The summed E-state index contributed by atoms with van der Waals surface area (Å²) in [5.74, 6) is 2.11. The maximum atomic E-state index is 4.71. The molecule has 2 aromatic rings. The van der Waals surface area contributed by atoms with Crippen molar-refractivity contribution >= 4 is 28.6 Å². The third kappa shape index (κ3) is 5.75. The summed E-state index contributed by atoms with van der Waals surface area (Å²) < 4.78 is 0. The highest BCUT2D eigenvalue weighted by atomic mass is 32.2. The van der Waals surface area contributed by atoms with E-state index in [1.165, 1.54) is 29.5 Å². The van der Waals surface area contributed by atoms with Gasteiger partial charge in [-0.3, -0.25) is 4.98 Å². The predicted molar refractivity (Wildman–Crippen MR) is 102 cm³/mol. The molecule has 0 bridgehead atoms. The lowest BCUT2D eigenvalue weighted by Gasteiger charge is -2.11. The van der Waals surface area contributed by atoms with Crippen LogP contribution in [-0.4, -0.2) is 36.0 Å². The van der Waals surface area contributed by atoms with Gasteiger partial charge in [-0.2, -0.15) is 11.8 Å². The number of hydrogen-bond acceptors (Lipinski definition) is 3. The predicted octanol–water partition coefficient (Wildman–Crippen LogP) is 3.43. The van der Waals surface area contributed by atoms with Crippen LogP contribution in [0.15, 0.2) is 41.5 Å². The highest BCUT2D eigenvalue weighted by Gasteiger charge is 2.02. The number of thioether (sulfide) groups is 1. The smallest absolute Gasteiger partial charge is 0.191 e. The van der Waals surface area contributed by atoms with E-state index < -0.39 is 0 Å². The Kier molecular flexibility index (Phi) is 7.73. The first-order chi connectivity index (χ1) is 11.3. The van der Waals surface area contributed by atoms with Gasteiger partial charge in [-0.1, -0.05) is 18.2 Å². The van der Waals surface area contributed by atoms with Crippen molar-refractivity contribution in [3.05, 3.63) is 42.1 Å². The molecule has 1 aromatic carbocycles. The number of benzene rings is 1. The van der Waals surface area contributed by atoms with Gasteiger partial charge in [0.05, 0.1) is 12.1 Å². The number of hydrogen-bond donors (Lipinski definition) is 2. The maximum absolute atomic E-state index is 4.71. The van der Waals surface area contributed by atoms with Gasteiger partial charge in [0.2, 0.25) is 0 Å². The molecule has 0 spiro atoms. The molecule has 1 heterocycles. The molecule has 5 heteroatoms. The molecular weight excluding hydrogens is 304 g/mol. The van der Waals surface area contributed by atoms with Crippen LogP contribution in [0.2, 0.25) is 0 Å². The van der Waals surface area contributed by atoms with Gasteiger partial charge in [-0.05, 0) is 49.5 Å². The van der Waals surface area contributed by atoms with Gasteiger partial charge in [-0.15, -0.1) is 0 Å². The van der Waals surface area contributed by atoms with Crippen LogP contribution < -0.4 is 10.6 Å². The number of fused-ring (bicyclic) bond motifs is 1. The quantitative estimate of drug-likeness (QED) is 0.442. The highest BCUT2D eigenvalue weighted by Crippen LogP contribution is 2.16. The lowest BCUT2D eigenvalue weighted by Crippen LogP contribution is -2.37. The molecule has 0 aliphatic heterocycles. The monoisotopic (exact) mass is 330 g/mol. The van der Waals surface area contributed by atoms with Gasteiger partial charge in [0.25, 0.3) is 0 Å². The molecular formula is C18H26N4S. The Bertz CT molecular complexity index is 622. The topological polar surface area (TPSA) is 49.3 Å². The number of guanidine groups is 1. The minimum Gasteiger partial charge on any atom is -0.357 e. The molecule has 23 heavy (non-hydrogen) atoms. The van der Waals surface area contributed by atoms with Gasteiger partial charge in [-0.25, -0.2) is 4.99 Å². The van der Waals surface area contributed by atoms with E-state index in [-0.39, 0.29) is 0 Å². The Hall–Kier alpha value is -1.75. The fourth-order valence-corrected chi connectivity index (χ4v) is 2.87. The minimum absolute atomic E-state index is 0.656. The number of para-hydroxylation sites is 1. The number of aliphatic imine (C=N–C) groups is 1.